The fraction of sp³-hybridized carbons (Fsp3) is 0.267. The highest BCUT2D eigenvalue weighted by Gasteiger charge is 2.21. The number of carbonyl (C=O) groups excluding carboxylic acids is 2. The highest BCUT2D eigenvalue weighted by Crippen LogP contribution is 2.32. The smallest absolute Gasteiger partial charge is 0.343 e. The average molecular weight is 334 g/mol. The number of carbonyl (C=O) groups is 2. The molecule has 0 spiro atoms. The molecule has 1 aromatic carbocycles. The Morgan fingerprint density at radius 3 is 2.91 bits per heavy atom. The van der Waals surface area contributed by atoms with Crippen LogP contribution in [0.1, 0.15) is 26.4 Å². The summed E-state index contributed by atoms with van der Waals surface area (Å²) in [6.45, 7) is 1.50. The Bertz CT molecular complexity index is 771. The van der Waals surface area contributed by atoms with Gasteiger partial charge in [-0.15, -0.1) is 0 Å². The van der Waals surface area contributed by atoms with Crippen LogP contribution in [0.3, 0.4) is 0 Å². The van der Waals surface area contributed by atoms with Gasteiger partial charge in [-0.25, -0.2) is 4.79 Å². The zero-order valence-corrected chi connectivity index (χ0v) is 13.4. The number of ketones is 1. The van der Waals surface area contributed by atoms with Crippen LogP contribution >= 0.6 is 11.5 Å². The third kappa shape index (κ3) is 2.98. The predicted octanol–water partition coefficient (Wildman–Crippen LogP) is 2.26. The van der Waals surface area contributed by atoms with Crippen LogP contribution in [-0.2, 0) is 4.74 Å². The van der Waals surface area contributed by atoms with Crippen molar-refractivity contribution < 1.29 is 23.8 Å². The number of esters is 1. The van der Waals surface area contributed by atoms with Gasteiger partial charge in [0, 0.05) is 12.6 Å². The van der Waals surface area contributed by atoms with E-state index in [-0.39, 0.29) is 19.2 Å². The number of nitrogens with zero attached hydrogens (tertiary/aromatic N) is 1. The maximum atomic E-state index is 12.2. The first kappa shape index (κ1) is 15.3. The molecule has 7 nitrogen and oxygen atoms in total. The van der Waals surface area contributed by atoms with Gasteiger partial charge in [0.1, 0.15) is 10.6 Å². The molecule has 8 heteroatoms. The molecule has 120 valence electrons. The van der Waals surface area contributed by atoms with Crippen molar-refractivity contribution in [3.05, 3.63) is 35.0 Å². The normalized spacial score (nSPS) is 12.1. The first-order valence-corrected chi connectivity index (χ1v) is 7.61. The van der Waals surface area contributed by atoms with Crippen LogP contribution in [0.2, 0.25) is 0 Å². The van der Waals surface area contributed by atoms with Gasteiger partial charge in [0.2, 0.25) is 6.79 Å². The van der Waals surface area contributed by atoms with E-state index in [9.17, 15) is 9.59 Å². The van der Waals surface area contributed by atoms with E-state index in [2.05, 4.69) is 9.69 Å². The lowest BCUT2D eigenvalue weighted by Gasteiger charge is -2.06. The van der Waals surface area contributed by atoms with Crippen molar-refractivity contribution in [2.45, 2.75) is 6.92 Å². The Morgan fingerprint density at radius 1 is 1.35 bits per heavy atom. The topological polar surface area (TPSA) is 86.8 Å². The Kier molecular flexibility index (Phi) is 4.16. The van der Waals surface area contributed by atoms with Crippen LogP contribution in [0.4, 0.5) is 5.00 Å². The van der Waals surface area contributed by atoms with Crippen molar-refractivity contribution in [3.8, 4) is 11.5 Å². The molecule has 0 amide bonds. The largest absolute Gasteiger partial charge is 0.454 e. The summed E-state index contributed by atoms with van der Waals surface area (Å²) in [6.07, 6.45) is 0. The third-order valence-corrected chi connectivity index (χ3v) is 4.28. The van der Waals surface area contributed by atoms with Gasteiger partial charge in [0.05, 0.1) is 5.69 Å². The van der Waals surface area contributed by atoms with E-state index in [0.29, 0.717) is 33.3 Å². The monoisotopic (exact) mass is 334 g/mol. The lowest BCUT2D eigenvalue weighted by molar-refractivity contribution is 0.0475. The summed E-state index contributed by atoms with van der Waals surface area (Å²) in [5.41, 5.74) is 1.33. The number of aryl methyl sites for hydroxylation is 1. The molecule has 0 bridgehead atoms. The second-order valence-electron chi connectivity index (χ2n) is 4.79. The minimum atomic E-state index is -0.574. The minimum absolute atomic E-state index is 0.138. The van der Waals surface area contributed by atoms with Crippen LogP contribution in [0, 0.1) is 6.92 Å². The molecule has 0 aliphatic carbocycles. The molecule has 0 saturated heterocycles. The zero-order valence-electron chi connectivity index (χ0n) is 12.5. The number of benzene rings is 1. The molecule has 0 fully saturated rings. The first-order valence-electron chi connectivity index (χ1n) is 6.84. The van der Waals surface area contributed by atoms with Crippen LogP contribution in [0.15, 0.2) is 18.2 Å². The van der Waals surface area contributed by atoms with E-state index >= 15 is 0 Å². The average Bonchev–Trinajstić information content (AvgIpc) is 3.17. The second kappa shape index (κ2) is 6.25. The zero-order chi connectivity index (χ0) is 16.4. The summed E-state index contributed by atoms with van der Waals surface area (Å²) in [5, 5.41) is 3.50. The lowest BCUT2D eigenvalue weighted by atomic mass is 10.1. The van der Waals surface area contributed by atoms with E-state index in [1.54, 1.807) is 32.2 Å². The summed E-state index contributed by atoms with van der Waals surface area (Å²) in [4.78, 5) is 24.3. The third-order valence-electron chi connectivity index (χ3n) is 3.32. The first-order chi connectivity index (χ1) is 11.1. The van der Waals surface area contributed by atoms with Gasteiger partial charge in [-0.2, -0.15) is 4.37 Å². The highest BCUT2D eigenvalue weighted by atomic mass is 32.1. The number of aromatic nitrogens is 1. The number of anilines is 1. The lowest BCUT2D eigenvalue weighted by Crippen LogP contribution is -2.15. The molecule has 1 aromatic heterocycles. The van der Waals surface area contributed by atoms with E-state index in [0.717, 1.165) is 0 Å². The highest BCUT2D eigenvalue weighted by molar-refractivity contribution is 7.10. The standard InChI is InChI=1S/C15H14N2O5S/c1-8-13(14(16-2)23-17-8)15(19)20-6-10(18)9-3-4-11-12(5-9)22-7-21-11/h3-5,16H,6-7H2,1-2H3. The molecule has 23 heavy (non-hydrogen) atoms. The van der Waals surface area contributed by atoms with E-state index in [4.69, 9.17) is 14.2 Å². The van der Waals surface area contributed by atoms with E-state index < -0.39 is 5.97 Å². The summed E-state index contributed by atoms with van der Waals surface area (Å²) >= 11 is 1.17. The van der Waals surface area contributed by atoms with Gasteiger partial charge < -0.3 is 19.5 Å². The van der Waals surface area contributed by atoms with Gasteiger partial charge in [-0.05, 0) is 36.7 Å². The summed E-state index contributed by atoms with van der Waals surface area (Å²) in [6, 6.07) is 4.85. The predicted molar refractivity (Wildman–Crippen MR) is 83.6 cm³/mol. The van der Waals surface area contributed by atoms with Crippen molar-refractivity contribution in [2.24, 2.45) is 0 Å². The van der Waals surface area contributed by atoms with Crippen molar-refractivity contribution >= 4 is 28.3 Å². The Balaban J connectivity index is 1.67. The molecule has 0 radical (unpaired) electrons. The number of rotatable bonds is 5. The molecule has 0 saturated carbocycles. The Hall–Kier alpha value is -2.61. The molecule has 3 rings (SSSR count). The van der Waals surface area contributed by atoms with E-state index in [1.165, 1.54) is 11.5 Å². The van der Waals surface area contributed by atoms with Crippen molar-refractivity contribution in [3.63, 3.8) is 0 Å². The molecule has 1 aliphatic rings. The fourth-order valence-corrected chi connectivity index (χ4v) is 2.87. The SMILES string of the molecule is CNc1snc(C)c1C(=O)OCC(=O)c1ccc2c(c1)OCO2. The number of fused-ring (bicyclic) bond motifs is 1. The molecule has 0 atom stereocenters. The molecular weight excluding hydrogens is 320 g/mol. The van der Waals surface area contributed by atoms with Crippen LogP contribution < -0.4 is 14.8 Å². The van der Waals surface area contributed by atoms with Crippen molar-refractivity contribution in [1.82, 2.24) is 4.37 Å². The van der Waals surface area contributed by atoms with Crippen LogP contribution in [0.5, 0.6) is 11.5 Å². The molecule has 1 aliphatic heterocycles. The molecule has 0 unspecified atom stereocenters. The molecule has 1 N–H and O–H groups in total. The molecule has 2 aromatic rings. The molecular formula is C15H14N2O5S. The van der Waals surface area contributed by atoms with Gasteiger partial charge in [-0.3, -0.25) is 4.79 Å². The number of hydrogen-bond acceptors (Lipinski definition) is 8. The van der Waals surface area contributed by atoms with Gasteiger partial charge in [0.25, 0.3) is 0 Å². The van der Waals surface area contributed by atoms with Crippen LogP contribution in [-0.4, -0.2) is 36.6 Å². The quantitative estimate of drug-likeness (QED) is 0.663. The minimum Gasteiger partial charge on any atom is -0.454 e. The number of Topliss-reactive ketones (excluding diaryl/α,β-unsaturated/α-hetero) is 1. The summed E-state index contributed by atoms with van der Waals surface area (Å²) in [7, 11) is 1.70. The maximum absolute atomic E-state index is 12.2. The number of ether oxygens (including phenoxy) is 3. The second-order valence-corrected chi connectivity index (χ2v) is 5.56. The summed E-state index contributed by atoms with van der Waals surface area (Å²) in [5.74, 6) is 0.216. The Labute approximate surface area is 136 Å². The molecule has 2 heterocycles. The fourth-order valence-electron chi connectivity index (χ4n) is 2.14. The van der Waals surface area contributed by atoms with Gasteiger partial charge in [0.15, 0.2) is 23.9 Å². The number of hydrogen-bond donors (Lipinski definition) is 1. The van der Waals surface area contributed by atoms with Crippen molar-refractivity contribution in [2.75, 3.05) is 25.8 Å². The van der Waals surface area contributed by atoms with Crippen LogP contribution in [0.25, 0.3) is 0 Å². The van der Waals surface area contributed by atoms with Gasteiger partial charge >= 0.3 is 5.97 Å². The van der Waals surface area contributed by atoms with E-state index in [1.807, 2.05) is 0 Å². The maximum Gasteiger partial charge on any atom is 0.343 e. The number of nitrogens with one attached hydrogen (secondary N) is 1. The van der Waals surface area contributed by atoms with Gasteiger partial charge in [-0.1, -0.05) is 0 Å². The van der Waals surface area contributed by atoms with Crippen molar-refractivity contribution in [1.29, 1.82) is 0 Å². The Morgan fingerprint density at radius 2 is 2.13 bits per heavy atom. The summed E-state index contributed by atoms with van der Waals surface area (Å²) < 4.78 is 19.6.